The molecule has 0 aromatic heterocycles. The number of ether oxygens (including phenoxy) is 1. The number of rotatable bonds is 8. The predicted molar refractivity (Wildman–Crippen MR) is 94.4 cm³/mol. The third-order valence-electron chi connectivity index (χ3n) is 3.59. The summed E-state index contributed by atoms with van der Waals surface area (Å²) in [5.41, 5.74) is -1.74. The zero-order valence-corrected chi connectivity index (χ0v) is 15.9. The Morgan fingerprint density at radius 2 is 1.86 bits per heavy atom. The Hall–Kier alpha value is -2.28. The maximum Gasteiger partial charge on any atom is 0.416 e. The van der Waals surface area contributed by atoms with E-state index in [2.05, 4.69) is 4.72 Å². The SMILES string of the molecule is O=[N+]([O-])c1ccc(Cl)c(S(=O)(=O)NCCOCc2ccc(C(F)(F)F)cc2F)c1. The van der Waals surface area contributed by atoms with Crippen molar-refractivity contribution >= 4 is 27.3 Å². The van der Waals surface area contributed by atoms with Crippen molar-refractivity contribution in [3.05, 3.63) is 68.5 Å². The van der Waals surface area contributed by atoms with Gasteiger partial charge in [-0.2, -0.15) is 13.2 Å². The van der Waals surface area contributed by atoms with E-state index < -0.39 is 43.1 Å². The van der Waals surface area contributed by atoms with Gasteiger partial charge in [-0.1, -0.05) is 17.7 Å². The van der Waals surface area contributed by atoms with E-state index in [4.69, 9.17) is 16.3 Å². The van der Waals surface area contributed by atoms with E-state index in [0.29, 0.717) is 12.1 Å². The van der Waals surface area contributed by atoms with Crippen molar-refractivity contribution in [3.8, 4) is 0 Å². The number of nitrogens with zero attached hydrogens (tertiary/aromatic N) is 1. The molecule has 0 saturated heterocycles. The molecular formula is C16H13ClF4N2O5S. The van der Waals surface area contributed by atoms with E-state index in [-0.39, 0.29) is 30.3 Å². The van der Waals surface area contributed by atoms with Crippen molar-refractivity contribution in [3.63, 3.8) is 0 Å². The molecule has 0 aliphatic heterocycles. The summed E-state index contributed by atoms with van der Waals surface area (Å²) in [6, 6.07) is 4.87. The number of benzene rings is 2. The molecule has 0 bridgehead atoms. The smallest absolute Gasteiger partial charge is 0.375 e. The minimum atomic E-state index is -4.67. The minimum Gasteiger partial charge on any atom is -0.375 e. The normalized spacial score (nSPS) is 12.2. The molecule has 2 aromatic rings. The van der Waals surface area contributed by atoms with Crippen molar-refractivity contribution < 1.29 is 35.6 Å². The topological polar surface area (TPSA) is 98.5 Å². The van der Waals surface area contributed by atoms with Crippen LogP contribution in [0.2, 0.25) is 5.02 Å². The van der Waals surface area contributed by atoms with Gasteiger partial charge in [0.05, 0.1) is 28.7 Å². The molecule has 158 valence electrons. The largest absolute Gasteiger partial charge is 0.416 e. The monoisotopic (exact) mass is 456 g/mol. The highest BCUT2D eigenvalue weighted by Crippen LogP contribution is 2.30. The molecule has 0 fully saturated rings. The van der Waals surface area contributed by atoms with Gasteiger partial charge >= 0.3 is 6.18 Å². The summed E-state index contributed by atoms with van der Waals surface area (Å²) in [6.07, 6.45) is -4.67. The Kier molecular flexibility index (Phi) is 7.16. The quantitative estimate of drug-likeness (QED) is 0.281. The average Bonchev–Trinajstić information content (AvgIpc) is 2.61. The average molecular weight is 457 g/mol. The molecule has 0 atom stereocenters. The lowest BCUT2D eigenvalue weighted by molar-refractivity contribution is -0.385. The molecule has 0 aliphatic rings. The maximum atomic E-state index is 13.7. The van der Waals surface area contributed by atoms with Crippen molar-refractivity contribution in [2.75, 3.05) is 13.2 Å². The van der Waals surface area contributed by atoms with E-state index in [1.807, 2.05) is 0 Å². The molecule has 0 saturated carbocycles. The lowest BCUT2D eigenvalue weighted by Crippen LogP contribution is -2.27. The molecule has 2 aromatic carbocycles. The molecule has 0 amide bonds. The van der Waals surface area contributed by atoms with Gasteiger partial charge in [0.2, 0.25) is 10.0 Å². The summed E-state index contributed by atoms with van der Waals surface area (Å²) in [6.45, 7) is -0.918. The van der Waals surface area contributed by atoms with Crippen LogP contribution in [0, 0.1) is 15.9 Å². The third-order valence-corrected chi connectivity index (χ3v) is 5.53. The second kappa shape index (κ2) is 9.03. The molecule has 0 radical (unpaired) electrons. The van der Waals surface area contributed by atoms with E-state index in [1.54, 1.807) is 0 Å². The molecule has 0 spiro atoms. The number of hydrogen-bond acceptors (Lipinski definition) is 5. The molecule has 7 nitrogen and oxygen atoms in total. The first kappa shape index (κ1) is 23.0. The van der Waals surface area contributed by atoms with Gasteiger partial charge in [-0.3, -0.25) is 10.1 Å². The van der Waals surface area contributed by atoms with Gasteiger partial charge in [-0.25, -0.2) is 17.5 Å². The fraction of sp³-hybridized carbons (Fsp3) is 0.250. The summed E-state index contributed by atoms with van der Waals surface area (Å²) in [5.74, 6) is -1.11. The van der Waals surface area contributed by atoms with Crippen LogP contribution in [0.5, 0.6) is 0 Å². The van der Waals surface area contributed by atoms with Crippen LogP contribution < -0.4 is 4.72 Å². The molecule has 2 rings (SSSR count). The van der Waals surface area contributed by atoms with Gasteiger partial charge in [0, 0.05) is 24.2 Å². The first-order valence-electron chi connectivity index (χ1n) is 7.79. The van der Waals surface area contributed by atoms with Crippen molar-refractivity contribution in [1.82, 2.24) is 4.72 Å². The minimum absolute atomic E-state index is 0.136. The van der Waals surface area contributed by atoms with Gasteiger partial charge in [-0.15, -0.1) is 0 Å². The zero-order chi connectivity index (χ0) is 21.8. The van der Waals surface area contributed by atoms with Gasteiger partial charge < -0.3 is 4.74 Å². The van der Waals surface area contributed by atoms with E-state index in [9.17, 15) is 36.1 Å². The van der Waals surface area contributed by atoms with E-state index in [1.165, 1.54) is 0 Å². The summed E-state index contributed by atoms with van der Waals surface area (Å²) in [5, 5.41) is 10.5. The molecule has 0 unspecified atom stereocenters. The molecule has 1 N–H and O–H groups in total. The second-order valence-electron chi connectivity index (χ2n) is 5.63. The summed E-state index contributed by atoms with van der Waals surface area (Å²) >= 11 is 5.77. The summed E-state index contributed by atoms with van der Waals surface area (Å²) in [7, 11) is -4.19. The Labute approximate surface area is 167 Å². The van der Waals surface area contributed by atoms with Crippen molar-refractivity contribution in [2.24, 2.45) is 0 Å². The number of nitrogens with one attached hydrogen (secondary N) is 1. The molecule has 0 heterocycles. The van der Waals surface area contributed by atoms with Crippen LogP contribution in [0.1, 0.15) is 11.1 Å². The number of nitro groups is 1. The van der Waals surface area contributed by atoms with Gasteiger partial charge in [0.15, 0.2) is 0 Å². The van der Waals surface area contributed by atoms with Crippen LogP contribution in [0.25, 0.3) is 0 Å². The highest BCUT2D eigenvalue weighted by atomic mass is 35.5. The molecule has 29 heavy (non-hydrogen) atoms. The molecular weight excluding hydrogens is 444 g/mol. The molecule has 13 heteroatoms. The maximum absolute atomic E-state index is 13.7. The number of non-ortho nitro benzene ring substituents is 1. The summed E-state index contributed by atoms with van der Waals surface area (Å²) in [4.78, 5) is 9.48. The number of hydrogen-bond donors (Lipinski definition) is 1. The van der Waals surface area contributed by atoms with Crippen LogP contribution in [-0.4, -0.2) is 26.5 Å². The standard InChI is InChI=1S/C16H13ClF4N2O5S/c17-13-4-3-12(23(24)25)8-15(13)29(26,27)22-5-6-28-9-10-1-2-11(7-14(10)18)16(19,20)21/h1-4,7-8,22H,5-6,9H2. The van der Waals surface area contributed by atoms with Crippen molar-refractivity contribution in [1.29, 1.82) is 0 Å². The van der Waals surface area contributed by atoms with Gasteiger partial charge in [0.1, 0.15) is 10.7 Å². The number of halogens is 5. The van der Waals surface area contributed by atoms with Gasteiger partial charge in [0.25, 0.3) is 5.69 Å². The lowest BCUT2D eigenvalue weighted by Gasteiger charge is -2.11. The van der Waals surface area contributed by atoms with Gasteiger partial charge in [-0.05, 0) is 18.2 Å². The molecule has 0 aliphatic carbocycles. The van der Waals surface area contributed by atoms with Crippen LogP contribution in [0.15, 0.2) is 41.3 Å². The van der Waals surface area contributed by atoms with E-state index >= 15 is 0 Å². The fourth-order valence-electron chi connectivity index (χ4n) is 2.16. The van der Waals surface area contributed by atoms with Crippen LogP contribution >= 0.6 is 11.6 Å². The fourth-order valence-corrected chi connectivity index (χ4v) is 3.69. The predicted octanol–water partition coefficient (Wildman–Crippen LogP) is 3.90. The Morgan fingerprint density at radius 3 is 2.45 bits per heavy atom. The highest BCUT2D eigenvalue weighted by molar-refractivity contribution is 7.89. The third kappa shape index (κ3) is 6.10. The summed E-state index contributed by atoms with van der Waals surface area (Å²) < 4.78 is 82.7. The highest BCUT2D eigenvalue weighted by Gasteiger charge is 2.31. The first-order chi connectivity index (χ1) is 13.4. The number of nitro benzene ring substituents is 1. The Balaban J connectivity index is 1.92. The number of alkyl halides is 3. The van der Waals surface area contributed by atoms with Crippen LogP contribution in [0.4, 0.5) is 23.2 Å². The van der Waals surface area contributed by atoms with Crippen molar-refractivity contribution in [2.45, 2.75) is 17.7 Å². The first-order valence-corrected chi connectivity index (χ1v) is 9.65. The van der Waals surface area contributed by atoms with Crippen LogP contribution in [-0.2, 0) is 27.5 Å². The van der Waals surface area contributed by atoms with E-state index in [0.717, 1.165) is 24.3 Å². The Bertz CT molecular complexity index is 1010. The Morgan fingerprint density at radius 1 is 1.17 bits per heavy atom. The zero-order valence-electron chi connectivity index (χ0n) is 14.4. The van der Waals surface area contributed by atoms with Crippen LogP contribution in [0.3, 0.4) is 0 Å². The second-order valence-corrected chi connectivity index (χ2v) is 7.77. The lowest BCUT2D eigenvalue weighted by atomic mass is 10.1. The number of sulfonamides is 1.